The van der Waals surface area contributed by atoms with Crippen molar-refractivity contribution >= 4 is 5.69 Å². The molecule has 1 rings (SSSR count). The molecule has 2 heteroatoms. The van der Waals surface area contributed by atoms with Crippen LogP contribution in [-0.2, 0) is 0 Å². The van der Waals surface area contributed by atoms with E-state index in [9.17, 15) is 0 Å². The zero-order valence-corrected chi connectivity index (χ0v) is 7.89. The molecule has 2 nitrogen and oxygen atoms in total. The second-order valence-corrected chi connectivity index (χ2v) is 2.88. The van der Waals surface area contributed by atoms with Crippen molar-refractivity contribution in [2.75, 3.05) is 19.4 Å². The molecule has 0 bridgehead atoms. The number of hydrogen-bond donors (Lipinski definition) is 2. The minimum absolute atomic E-state index is 0.427. The summed E-state index contributed by atoms with van der Waals surface area (Å²) in [4.78, 5) is 0. The van der Waals surface area contributed by atoms with Crippen LogP contribution in [0, 0.1) is 0 Å². The van der Waals surface area contributed by atoms with E-state index in [0.29, 0.717) is 6.04 Å². The minimum atomic E-state index is 0.427. The average molecular weight is 164 g/mol. The third kappa shape index (κ3) is 1.98. The van der Waals surface area contributed by atoms with Crippen LogP contribution >= 0.6 is 0 Å². The summed E-state index contributed by atoms with van der Waals surface area (Å²) in [5.74, 6) is 0. The fraction of sp³-hybridized carbons (Fsp3) is 0.400. The van der Waals surface area contributed by atoms with Gasteiger partial charge in [0.25, 0.3) is 0 Å². The first-order valence-electron chi connectivity index (χ1n) is 4.23. The van der Waals surface area contributed by atoms with Crippen LogP contribution in [0.3, 0.4) is 0 Å². The average Bonchev–Trinajstić information content (AvgIpc) is 2.17. The highest BCUT2D eigenvalue weighted by Gasteiger charge is 2.00. The van der Waals surface area contributed by atoms with Gasteiger partial charge in [-0.05, 0) is 31.7 Å². The number of nitrogens with one attached hydrogen (secondary N) is 2. The summed E-state index contributed by atoms with van der Waals surface area (Å²) >= 11 is 0. The molecule has 66 valence electrons. The lowest BCUT2D eigenvalue weighted by molar-refractivity contribution is 0.652. The Morgan fingerprint density at radius 3 is 2.08 bits per heavy atom. The number of benzene rings is 1. The normalized spacial score (nSPS) is 12.6. The molecule has 0 aliphatic carbocycles. The van der Waals surface area contributed by atoms with Gasteiger partial charge in [-0.3, -0.25) is 0 Å². The third-order valence-electron chi connectivity index (χ3n) is 2.13. The van der Waals surface area contributed by atoms with Crippen molar-refractivity contribution in [2.24, 2.45) is 0 Å². The minimum Gasteiger partial charge on any atom is -0.388 e. The van der Waals surface area contributed by atoms with Gasteiger partial charge in [-0.2, -0.15) is 0 Å². The SMILES string of the molecule is CNc1ccc(C(C)NC)cc1. The quantitative estimate of drug-likeness (QED) is 0.714. The maximum Gasteiger partial charge on any atom is 0.0337 e. The molecule has 0 aromatic heterocycles. The van der Waals surface area contributed by atoms with Gasteiger partial charge < -0.3 is 10.6 Å². The molecular weight excluding hydrogens is 148 g/mol. The van der Waals surface area contributed by atoms with E-state index < -0.39 is 0 Å². The van der Waals surface area contributed by atoms with Gasteiger partial charge in [-0.25, -0.2) is 0 Å². The van der Waals surface area contributed by atoms with Crippen molar-refractivity contribution in [1.29, 1.82) is 0 Å². The molecule has 1 atom stereocenters. The highest BCUT2D eigenvalue weighted by atomic mass is 14.9. The summed E-state index contributed by atoms with van der Waals surface area (Å²) in [6.45, 7) is 2.15. The topological polar surface area (TPSA) is 24.1 Å². The summed E-state index contributed by atoms with van der Waals surface area (Å²) in [6.07, 6.45) is 0. The molecule has 0 aliphatic rings. The van der Waals surface area contributed by atoms with E-state index in [0.717, 1.165) is 5.69 Å². The fourth-order valence-corrected chi connectivity index (χ4v) is 1.11. The Kier molecular flexibility index (Phi) is 3.11. The molecule has 12 heavy (non-hydrogen) atoms. The van der Waals surface area contributed by atoms with Crippen LogP contribution in [-0.4, -0.2) is 14.1 Å². The van der Waals surface area contributed by atoms with Gasteiger partial charge in [0, 0.05) is 18.8 Å². The third-order valence-corrected chi connectivity index (χ3v) is 2.13. The predicted molar refractivity (Wildman–Crippen MR) is 53.5 cm³/mol. The summed E-state index contributed by atoms with van der Waals surface area (Å²) in [6, 6.07) is 8.86. The second-order valence-electron chi connectivity index (χ2n) is 2.88. The summed E-state index contributed by atoms with van der Waals surface area (Å²) in [5.41, 5.74) is 2.47. The summed E-state index contributed by atoms with van der Waals surface area (Å²) in [5, 5.41) is 6.29. The smallest absolute Gasteiger partial charge is 0.0337 e. The van der Waals surface area contributed by atoms with E-state index in [1.165, 1.54) is 5.56 Å². The maximum absolute atomic E-state index is 3.20. The van der Waals surface area contributed by atoms with E-state index in [1.54, 1.807) is 0 Å². The molecule has 1 aromatic rings. The molecule has 0 amide bonds. The van der Waals surface area contributed by atoms with Crippen LogP contribution < -0.4 is 10.6 Å². The molecule has 1 aromatic carbocycles. The molecular formula is C10H16N2. The van der Waals surface area contributed by atoms with Gasteiger partial charge in [-0.1, -0.05) is 12.1 Å². The fourth-order valence-electron chi connectivity index (χ4n) is 1.11. The molecule has 0 saturated heterocycles. The van der Waals surface area contributed by atoms with Crippen LogP contribution in [0.1, 0.15) is 18.5 Å². The molecule has 0 saturated carbocycles. The molecule has 0 fully saturated rings. The first-order valence-corrected chi connectivity index (χ1v) is 4.23. The van der Waals surface area contributed by atoms with Crippen molar-refractivity contribution in [3.05, 3.63) is 29.8 Å². The Labute approximate surface area is 74.0 Å². The first-order chi connectivity index (χ1) is 5.77. The molecule has 1 unspecified atom stereocenters. The molecule has 2 N–H and O–H groups in total. The zero-order valence-electron chi connectivity index (χ0n) is 7.89. The molecule has 0 aliphatic heterocycles. The number of hydrogen-bond acceptors (Lipinski definition) is 2. The highest BCUT2D eigenvalue weighted by molar-refractivity contribution is 5.44. The lowest BCUT2D eigenvalue weighted by Gasteiger charge is -2.10. The van der Waals surface area contributed by atoms with Crippen LogP contribution in [0.25, 0.3) is 0 Å². The van der Waals surface area contributed by atoms with Gasteiger partial charge in [0.1, 0.15) is 0 Å². The highest BCUT2D eigenvalue weighted by Crippen LogP contribution is 2.14. The van der Waals surface area contributed by atoms with Crippen LogP contribution in [0.2, 0.25) is 0 Å². The predicted octanol–water partition coefficient (Wildman–Crippen LogP) is 2.01. The van der Waals surface area contributed by atoms with Gasteiger partial charge in [-0.15, -0.1) is 0 Å². The van der Waals surface area contributed by atoms with Gasteiger partial charge >= 0.3 is 0 Å². The number of anilines is 1. The summed E-state index contributed by atoms with van der Waals surface area (Å²) in [7, 11) is 3.90. The van der Waals surface area contributed by atoms with Crippen molar-refractivity contribution in [2.45, 2.75) is 13.0 Å². The molecule has 0 heterocycles. The molecule has 0 spiro atoms. The van der Waals surface area contributed by atoms with Crippen LogP contribution in [0.15, 0.2) is 24.3 Å². The van der Waals surface area contributed by atoms with E-state index >= 15 is 0 Å². The van der Waals surface area contributed by atoms with Crippen molar-refractivity contribution < 1.29 is 0 Å². The van der Waals surface area contributed by atoms with E-state index in [1.807, 2.05) is 14.1 Å². The lowest BCUT2D eigenvalue weighted by Crippen LogP contribution is -2.11. The van der Waals surface area contributed by atoms with Gasteiger partial charge in [0.2, 0.25) is 0 Å². The zero-order chi connectivity index (χ0) is 8.97. The van der Waals surface area contributed by atoms with Gasteiger partial charge in [0.05, 0.1) is 0 Å². The first kappa shape index (κ1) is 9.07. The number of rotatable bonds is 3. The lowest BCUT2D eigenvalue weighted by atomic mass is 10.1. The van der Waals surface area contributed by atoms with E-state index in [2.05, 4.69) is 41.8 Å². The Hall–Kier alpha value is -1.02. The van der Waals surface area contributed by atoms with Crippen molar-refractivity contribution in [3.63, 3.8) is 0 Å². The molecule has 0 radical (unpaired) electrons. The van der Waals surface area contributed by atoms with Crippen molar-refractivity contribution in [3.8, 4) is 0 Å². The summed E-state index contributed by atoms with van der Waals surface area (Å²) < 4.78 is 0. The van der Waals surface area contributed by atoms with E-state index in [4.69, 9.17) is 0 Å². The standard InChI is InChI=1S/C10H16N2/c1-8(11-2)9-4-6-10(12-3)7-5-9/h4-8,11-12H,1-3H3. The second kappa shape index (κ2) is 4.12. The Bertz CT molecular complexity index is 228. The van der Waals surface area contributed by atoms with Crippen LogP contribution in [0.5, 0.6) is 0 Å². The monoisotopic (exact) mass is 164 g/mol. The van der Waals surface area contributed by atoms with Crippen LogP contribution in [0.4, 0.5) is 5.69 Å². The Morgan fingerprint density at radius 2 is 1.67 bits per heavy atom. The van der Waals surface area contributed by atoms with Gasteiger partial charge in [0.15, 0.2) is 0 Å². The Morgan fingerprint density at radius 1 is 1.08 bits per heavy atom. The largest absolute Gasteiger partial charge is 0.388 e. The Balaban J connectivity index is 2.77. The van der Waals surface area contributed by atoms with Crippen molar-refractivity contribution in [1.82, 2.24) is 5.32 Å². The van der Waals surface area contributed by atoms with E-state index in [-0.39, 0.29) is 0 Å². The maximum atomic E-state index is 3.20.